The van der Waals surface area contributed by atoms with E-state index in [2.05, 4.69) is 0 Å². The second kappa shape index (κ2) is 2.81. The molecule has 64 valence electrons. The second-order valence-electron chi connectivity index (χ2n) is 3.94. The van der Waals surface area contributed by atoms with Gasteiger partial charge in [0, 0.05) is 12.0 Å². The molecule has 0 radical (unpaired) electrons. The molecule has 3 heteroatoms. The molecule has 0 aromatic carbocycles. The van der Waals surface area contributed by atoms with Crippen molar-refractivity contribution in [3.05, 3.63) is 0 Å². The van der Waals surface area contributed by atoms with Gasteiger partial charge in [-0.3, -0.25) is 4.79 Å². The number of nitrogens with two attached hydrogens (primary N) is 2. The Balaban J connectivity index is 2.30. The second-order valence-corrected chi connectivity index (χ2v) is 3.94. The summed E-state index contributed by atoms with van der Waals surface area (Å²) in [7, 11) is 0. The zero-order valence-corrected chi connectivity index (χ0v) is 6.97. The Hall–Kier alpha value is -0.570. The minimum absolute atomic E-state index is 0.296. The van der Waals surface area contributed by atoms with E-state index in [0.717, 1.165) is 12.3 Å². The lowest BCUT2D eigenvalue weighted by atomic mass is 9.92. The van der Waals surface area contributed by atoms with E-state index in [9.17, 15) is 4.79 Å². The van der Waals surface area contributed by atoms with Gasteiger partial charge in [-0.1, -0.05) is 12.8 Å². The first kappa shape index (κ1) is 8.53. The Labute approximate surface area is 67.1 Å². The first-order valence-corrected chi connectivity index (χ1v) is 4.07. The molecule has 0 heterocycles. The Morgan fingerprint density at radius 1 is 1.64 bits per heavy atom. The van der Waals surface area contributed by atoms with Gasteiger partial charge in [0.15, 0.2) is 0 Å². The van der Waals surface area contributed by atoms with Crippen LogP contribution >= 0.6 is 0 Å². The van der Waals surface area contributed by atoms with Crippen LogP contribution < -0.4 is 11.5 Å². The number of rotatable bonds is 4. The van der Waals surface area contributed by atoms with E-state index in [1.807, 2.05) is 6.92 Å². The Morgan fingerprint density at radius 3 is 2.55 bits per heavy atom. The Kier molecular flexibility index (Phi) is 2.18. The van der Waals surface area contributed by atoms with Crippen LogP contribution in [0.1, 0.15) is 32.6 Å². The smallest absolute Gasteiger partial charge is 0.219 e. The normalized spacial score (nSPS) is 22.7. The maximum absolute atomic E-state index is 10.6. The number of hydrogen-bond donors (Lipinski definition) is 2. The van der Waals surface area contributed by atoms with Crippen molar-refractivity contribution >= 4 is 5.91 Å². The minimum Gasteiger partial charge on any atom is -0.370 e. The van der Waals surface area contributed by atoms with Crippen molar-refractivity contribution < 1.29 is 4.79 Å². The molecule has 1 unspecified atom stereocenters. The molecule has 0 aromatic rings. The molecule has 1 aliphatic carbocycles. The maximum atomic E-state index is 10.6. The van der Waals surface area contributed by atoms with Crippen LogP contribution in [0.25, 0.3) is 0 Å². The van der Waals surface area contributed by atoms with E-state index < -0.39 is 0 Å². The summed E-state index contributed by atoms with van der Waals surface area (Å²) in [6.45, 7) is 1.90. The van der Waals surface area contributed by atoms with Gasteiger partial charge in [0.25, 0.3) is 0 Å². The third kappa shape index (κ3) is 3.37. The molecule has 0 aliphatic heterocycles. The summed E-state index contributed by atoms with van der Waals surface area (Å²) in [5.74, 6) is 0.458. The van der Waals surface area contributed by atoms with Gasteiger partial charge in [-0.05, 0) is 19.3 Å². The number of carbonyl (C=O) groups excluding carboxylic acids is 1. The fourth-order valence-corrected chi connectivity index (χ4v) is 1.45. The van der Waals surface area contributed by atoms with E-state index in [1.54, 1.807) is 0 Å². The van der Waals surface area contributed by atoms with Gasteiger partial charge >= 0.3 is 0 Å². The van der Waals surface area contributed by atoms with E-state index in [-0.39, 0.29) is 11.4 Å². The molecule has 1 rings (SSSR count). The monoisotopic (exact) mass is 156 g/mol. The van der Waals surface area contributed by atoms with Gasteiger partial charge in [0.2, 0.25) is 5.91 Å². The average molecular weight is 156 g/mol. The average Bonchev–Trinajstić information content (AvgIpc) is 2.43. The van der Waals surface area contributed by atoms with E-state index >= 15 is 0 Å². The van der Waals surface area contributed by atoms with Crippen LogP contribution in [-0.2, 0) is 4.79 Å². The zero-order valence-electron chi connectivity index (χ0n) is 6.97. The molecular weight excluding hydrogens is 140 g/mol. The minimum atomic E-state index is -0.368. The van der Waals surface area contributed by atoms with Crippen molar-refractivity contribution in [1.29, 1.82) is 0 Å². The van der Waals surface area contributed by atoms with Gasteiger partial charge in [0.05, 0.1) is 0 Å². The highest BCUT2D eigenvalue weighted by atomic mass is 16.1. The lowest BCUT2D eigenvalue weighted by molar-refractivity contribution is -0.119. The summed E-state index contributed by atoms with van der Waals surface area (Å²) >= 11 is 0. The predicted molar refractivity (Wildman–Crippen MR) is 43.7 cm³/mol. The van der Waals surface area contributed by atoms with Crippen molar-refractivity contribution in [2.75, 3.05) is 0 Å². The highest BCUT2D eigenvalue weighted by Crippen LogP contribution is 2.36. The lowest BCUT2D eigenvalue weighted by Gasteiger charge is -2.22. The fourth-order valence-electron chi connectivity index (χ4n) is 1.45. The van der Waals surface area contributed by atoms with Crippen LogP contribution in [0.5, 0.6) is 0 Å². The number of carbonyl (C=O) groups is 1. The predicted octanol–water partition coefficient (Wildman–Crippen LogP) is 0.379. The number of hydrogen-bond acceptors (Lipinski definition) is 2. The third-order valence-corrected chi connectivity index (χ3v) is 2.03. The topological polar surface area (TPSA) is 69.1 Å². The molecule has 3 nitrogen and oxygen atoms in total. The molecule has 1 saturated carbocycles. The van der Waals surface area contributed by atoms with Crippen LogP contribution in [0.15, 0.2) is 0 Å². The van der Waals surface area contributed by atoms with Crippen molar-refractivity contribution in [3.63, 3.8) is 0 Å². The van der Waals surface area contributed by atoms with Crippen LogP contribution in [0.4, 0.5) is 0 Å². The van der Waals surface area contributed by atoms with Crippen molar-refractivity contribution in [3.8, 4) is 0 Å². The van der Waals surface area contributed by atoms with Crippen LogP contribution in [-0.4, -0.2) is 11.4 Å². The molecule has 0 aromatic heterocycles. The molecule has 0 saturated heterocycles. The first-order valence-electron chi connectivity index (χ1n) is 4.07. The first-order chi connectivity index (χ1) is 4.99. The molecular formula is C8H16N2O. The number of amides is 1. The lowest BCUT2D eigenvalue weighted by Crippen LogP contribution is -2.40. The molecule has 1 amide bonds. The molecule has 11 heavy (non-hydrogen) atoms. The zero-order chi connectivity index (χ0) is 8.48. The Bertz CT molecular complexity index is 161. The summed E-state index contributed by atoms with van der Waals surface area (Å²) in [4.78, 5) is 10.6. The standard InChI is InChI=1S/C8H16N2O/c1-8(10,5-7(9)11)4-6-2-3-6/h6H,2-5,10H2,1H3,(H2,9,11). The van der Waals surface area contributed by atoms with Crippen molar-refractivity contribution in [1.82, 2.24) is 0 Å². The van der Waals surface area contributed by atoms with E-state index in [0.29, 0.717) is 6.42 Å². The van der Waals surface area contributed by atoms with Crippen LogP contribution in [0, 0.1) is 5.92 Å². The molecule has 0 bridgehead atoms. The van der Waals surface area contributed by atoms with Gasteiger partial charge in [-0.25, -0.2) is 0 Å². The molecule has 1 atom stereocenters. The van der Waals surface area contributed by atoms with Gasteiger partial charge in [0.1, 0.15) is 0 Å². The Morgan fingerprint density at radius 2 is 2.18 bits per heavy atom. The summed E-state index contributed by atoms with van der Waals surface area (Å²) in [5, 5.41) is 0. The van der Waals surface area contributed by atoms with E-state index in [4.69, 9.17) is 11.5 Å². The van der Waals surface area contributed by atoms with Crippen LogP contribution in [0.2, 0.25) is 0 Å². The SMILES string of the molecule is CC(N)(CC(N)=O)CC1CC1. The van der Waals surface area contributed by atoms with Gasteiger partial charge in [-0.15, -0.1) is 0 Å². The summed E-state index contributed by atoms with van der Waals surface area (Å²) in [6, 6.07) is 0. The summed E-state index contributed by atoms with van der Waals surface area (Å²) in [5.41, 5.74) is 10.5. The largest absolute Gasteiger partial charge is 0.370 e. The van der Waals surface area contributed by atoms with Crippen molar-refractivity contribution in [2.24, 2.45) is 17.4 Å². The third-order valence-electron chi connectivity index (χ3n) is 2.03. The van der Waals surface area contributed by atoms with Crippen molar-refractivity contribution in [2.45, 2.75) is 38.1 Å². The summed E-state index contributed by atoms with van der Waals surface area (Å²) < 4.78 is 0. The molecule has 1 fully saturated rings. The molecule has 1 aliphatic rings. The quantitative estimate of drug-likeness (QED) is 0.617. The van der Waals surface area contributed by atoms with Gasteiger partial charge < -0.3 is 11.5 Å². The molecule has 0 spiro atoms. The fraction of sp³-hybridized carbons (Fsp3) is 0.875. The molecule has 4 N–H and O–H groups in total. The van der Waals surface area contributed by atoms with Crippen LogP contribution in [0.3, 0.4) is 0 Å². The highest BCUT2D eigenvalue weighted by molar-refractivity contribution is 5.75. The number of primary amides is 1. The summed E-state index contributed by atoms with van der Waals surface area (Å²) in [6.07, 6.45) is 3.79. The van der Waals surface area contributed by atoms with Gasteiger partial charge in [-0.2, -0.15) is 0 Å². The highest BCUT2D eigenvalue weighted by Gasteiger charge is 2.31. The maximum Gasteiger partial charge on any atom is 0.219 e. The van der Waals surface area contributed by atoms with E-state index in [1.165, 1.54) is 12.8 Å².